The van der Waals surface area contributed by atoms with Crippen LogP contribution in [-0.4, -0.2) is 133 Å². The summed E-state index contributed by atoms with van der Waals surface area (Å²) in [6.07, 6.45) is -1.43. The van der Waals surface area contributed by atoms with Gasteiger partial charge in [0.05, 0.1) is 38.1 Å². The molecule has 14 nitrogen and oxygen atoms in total. The number of carbonyl (C=O) groups excluding carboxylic acids is 2. The van der Waals surface area contributed by atoms with Crippen molar-refractivity contribution in [2.24, 2.45) is 11.8 Å². The van der Waals surface area contributed by atoms with E-state index in [-0.39, 0.29) is 24.4 Å². The Bertz CT molecular complexity index is 1310. The normalized spacial score (nSPS) is 37.6. The quantitative estimate of drug-likeness (QED) is 0.0445. The molecule has 0 unspecified atom stereocenters. The van der Waals surface area contributed by atoms with Gasteiger partial charge in [-0.2, -0.15) is 0 Å². The van der Waals surface area contributed by atoms with Crippen molar-refractivity contribution < 1.29 is 69.4 Å². The molecule has 0 bridgehead atoms. The Morgan fingerprint density at radius 1 is 0.796 bits per heavy atom. The average molecular weight is 695 g/mol. The second kappa shape index (κ2) is 16.2. The Balaban J connectivity index is 1.74. The van der Waals surface area contributed by atoms with Crippen molar-refractivity contribution in [3.63, 3.8) is 0 Å². The van der Waals surface area contributed by atoms with E-state index in [1.165, 1.54) is 26.2 Å². The summed E-state index contributed by atoms with van der Waals surface area (Å²) in [7, 11) is 0. The fourth-order valence-corrected chi connectivity index (χ4v) is 7.11. The molecule has 1 aliphatic carbocycles. The van der Waals surface area contributed by atoms with Gasteiger partial charge in [-0.3, -0.25) is 9.59 Å². The van der Waals surface area contributed by atoms with Crippen molar-refractivity contribution in [2.75, 3.05) is 19.8 Å². The molecule has 11 atom stereocenters. The summed E-state index contributed by atoms with van der Waals surface area (Å²) in [5.74, 6) is -4.00. The summed E-state index contributed by atoms with van der Waals surface area (Å²) in [5, 5.41) is 83.3. The topological polar surface area (TPSA) is 236 Å². The maximum Gasteiger partial charge on any atom is 0.222 e. The Morgan fingerprint density at radius 3 is 1.86 bits per heavy atom. The van der Waals surface area contributed by atoms with Gasteiger partial charge in [-0.25, -0.2) is 0 Å². The number of Topliss-reactive ketones (excluding diaryl/α,β-unsaturated/α-hetero) is 2. The number of carbonyl (C=O) groups is 2. The van der Waals surface area contributed by atoms with Gasteiger partial charge in [0.25, 0.3) is 0 Å². The van der Waals surface area contributed by atoms with Crippen molar-refractivity contribution in [3.05, 3.63) is 58.9 Å². The molecule has 3 aliphatic heterocycles. The van der Waals surface area contributed by atoms with E-state index in [0.29, 0.717) is 25.7 Å². The van der Waals surface area contributed by atoms with Crippen LogP contribution in [0.15, 0.2) is 58.9 Å². The highest BCUT2D eigenvalue weighted by Crippen LogP contribution is 2.65. The Morgan fingerprint density at radius 2 is 1.35 bits per heavy atom. The van der Waals surface area contributed by atoms with Crippen LogP contribution in [0.2, 0.25) is 0 Å². The van der Waals surface area contributed by atoms with E-state index in [0.717, 1.165) is 11.1 Å². The molecular weight excluding hydrogens is 644 g/mol. The summed E-state index contributed by atoms with van der Waals surface area (Å²) in [6, 6.07) is 0. The van der Waals surface area contributed by atoms with Gasteiger partial charge >= 0.3 is 0 Å². The van der Waals surface area contributed by atoms with Crippen LogP contribution in [0.3, 0.4) is 0 Å². The third-order valence-corrected chi connectivity index (χ3v) is 10.0. The Hall–Kier alpha value is -2.60. The molecule has 2 saturated heterocycles. The molecule has 1 saturated carbocycles. The lowest BCUT2D eigenvalue weighted by molar-refractivity contribution is -0.345. The van der Waals surface area contributed by atoms with E-state index in [2.05, 4.69) is 0 Å². The van der Waals surface area contributed by atoms with Gasteiger partial charge in [0.15, 0.2) is 11.9 Å². The van der Waals surface area contributed by atoms with Crippen LogP contribution in [0, 0.1) is 11.8 Å². The number of ether oxygens (including phenoxy) is 4. The number of allylic oxidation sites excluding steroid dienone is 4. The van der Waals surface area contributed by atoms with Crippen LogP contribution < -0.4 is 0 Å². The number of aliphatic hydroxyl groups excluding tert-OH is 7. The molecule has 0 aromatic rings. The third kappa shape index (κ3) is 7.41. The smallest absolute Gasteiger partial charge is 0.222 e. The molecule has 14 heteroatoms. The monoisotopic (exact) mass is 694 g/mol. The van der Waals surface area contributed by atoms with Crippen molar-refractivity contribution >= 4 is 11.6 Å². The summed E-state index contributed by atoms with van der Waals surface area (Å²) in [5.41, 5.74) is -3.10. The lowest BCUT2D eigenvalue weighted by Crippen LogP contribution is -2.65. The molecule has 3 fully saturated rings. The van der Waals surface area contributed by atoms with Crippen molar-refractivity contribution in [1.82, 2.24) is 0 Å². The van der Waals surface area contributed by atoms with Gasteiger partial charge in [-0.05, 0) is 70.6 Å². The van der Waals surface area contributed by atoms with E-state index >= 15 is 0 Å². The predicted octanol–water partition coefficient (Wildman–Crippen LogP) is -0.383. The lowest BCUT2D eigenvalue weighted by Gasteiger charge is -2.44. The standard InChI is InChI=1S/C35H50O14/c1-18(11-14-36)7-5-9-20(3)29(43)34(45,30(44)21(4)10-6-8-19(2)12-15-37)35-24-22(25(39)31(35)49-35)13-16-46-32(24)48-33-28(42)27(41)26(40)23(17-38)47-33/h9-13,16,22-28,31-33,36-42,45H,5-8,14-15,17H2,1-4H3/b18-11+,19-12+,20-9+,21-10+/t22-,23-,24-,25+,26-,27+,28-,31+,32+,33+,35+/m1/s1. The molecule has 0 aromatic heterocycles. The first kappa shape index (κ1) is 39.2. The minimum Gasteiger partial charge on any atom is -0.472 e. The highest BCUT2D eigenvalue weighted by Gasteiger charge is 2.86. The first-order chi connectivity index (χ1) is 23.2. The van der Waals surface area contributed by atoms with E-state index in [9.17, 15) is 50.4 Å². The number of hydrogen-bond acceptors (Lipinski definition) is 14. The number of hydrogen-bond donors (Lipinski definition) is 8. The molecule has 274 valence electrons. The van der Waals surface area contributed by atoms with Crippen LogP contribution >= 0.6 is 0 Å². The second-order valence-corrected chi connectivity index (χ2v) is 13.3. The highest BCUT2D eigenvalue weighted by molar-refractivity contribution is 6.23. The fraction of sp³-hybridized carbons (Fsp3) is 0.657. The maximum absolute atomic E-state index is 14.4. The summed E-state index contributed by atoms with van der Waals surface area (Å²) >= 11 is 0. The van der Waals surface area contributed by atoms with Gasteiger partial charge in [0.1, 0.15) is 30.5 Å². The van der Waals surface area contributed by atoms with E-state index in [1.54, 1.807) is 24.3 Å². The van der Waals surface area contributed by atoms with Gasteiger partial charge in [-0.1, -0.05) is 35.5 Å². The van der Waals surface area contributed by atoms with E-state index in [1.807, 2.05) is 13.8 Å². The molecule has 49 heavy (non-hydrogen) atoms. The van der Waals surface area contributed by atoms with Crippen LogP contribution in [0.1, 0.15) is 53.4 Å². The van der Waals surface area contributed by atoms with E-state index in [4.69, 9.17) is 18.9 Å². The molecular formula is C35H50O14. The molecule has 4 rings (SSSR count). The molecule has 0 aromatic carbocycles. The van der Waals surface area contributed by atoms with Crippen molar-refractivity contribution in [3.8, 4) is 0 Å². The van der Waals surface area contributed by atoms with Gasteiger partial charge in [-0.15, -0.1) is 0 Å². The van der Waals surface area contributed by atoms with Crippen molar-refractivity contribution in [2.45, 2.75) is 114 Å². The summed E-state index contributed by atoms with van der Waals surface area (Å²) in [6.45, 7) is 5.56. The lowest BCUT2D eigenvalue weighted by atomic mass is 9.68. The fourth-order valence-electron chi connectivity index (χ4n) is 7.11. The number of rotatable bonds is 16. The molecule has 0 radical (unpaired) electrons. The first-order valence-electron chi connectivity index (χ1n) is 16.5. The molecule has 3 heterocycles. The van der Waals surface area contributed by atoms with E-state index < -0.39 is 90.4 Å². The minimum atomic E-state index is -2.89. The number of epoxide rings is 1. The van der Waals surface area contributed by atoms with Crippen molar-refractivity contribution in [1.29, 1.82) is 0 Å². The second-order valence-electron chi connectivity index (χ2n) is 13.3. The Labute approximate surface area is 285 Å². The Kier molecular flexibility index (Phi) is 12.9. The minimum absolute atomic E-state index is 0.0578. The summed E-state index contributed by atoms with van der Waals surface area (Å²) < 4.78 is 23.2. The van der Waals surface area contributed by atoms with Crippen LogP contribution in [0.25, 0.3) is 0 Å². The number of fused-ring (bicyclic) bond motifs is 3. The molecule has 0 amide bonds. The zero-order chi connectivity index (χ0) is 36.3. The molecule has 8 N–H and O–H groups in total. The number of aliphatic hydroxyl groups is 8. The first-order valence-corrected chi connectivity index (χ1v) is 16.5. The third-order valence-electron chi connectivity index (χ3n) is 10.0. The maximum atomic E-state index is 14.4. The summed E-state index contributed by atoms with van der Waals surface area (Å²) in [4.78, 5) is 28.8. The van der Waals surface area contributed by atoms with Crippen LogP contribution in [0.5, 0.6) is 0 Å². The predicted molar refractivity (Wildman–Crippen MR) is 172 cm³/mol. The van der Waals surface area contributed by atoms with Crippen LogP contribution in [0.4, 0.5) is 0 Å². The SMILES string of the molecule is C/C(=C\CO)CC/C=C(\C)C(=O)C(O)(C(=O)/C(C)=C/CC/C(C)=C/CO)[C@@]12O[C@H]1[C@@H](O)[C@@H]1C=CO[C@@H](O[C@@H]3O[C@H](CO)[C@@H](O)[C@H](O)[C@H]3O)[C@@H]12. The largest absolute Gasteiger partial charge is 0.472 e. The zero-order valence-corrected chi connectivity index (χ0v) is 28.2. The number of ketones is 2. The molecule has 0 spiro atoms. The average Bonchev–Trinajstić information content (AvgIpc) is 3.78. The highest BCUT2D eigenvalue weighted by atomic mass is 16.8. The van der Waals surface area contributed by atoms with Gasteiger partial charge in [0, 0.05) is 5.92 Å². The van der Waals surface area contributed by atoms with Gasteiger partial charge in [0.2, 0.25) is 23.5 Å². The van der Waals surface area contributed by atoms with Gasteiger partial charge < -0.3 is 59.8 Å². The van der Waals surface area contributed by atoms with Crippen LogP contribution in [-0.2, 0) is 28.5 Å². The zero-order valence-electron chi connectivity index (χ0n) is 28.2. The molecule has 4 aliphatic rings.